The lowest BCUT2D eigenvalue weighted by molar-refractivity contribution is -0.126. The molecule has 0 bridgehead atoms. The molecule has 24 heavy (non-hydrogen) atoms. The molecule has 0 unspecified atom stereocenters. The largest absolute Gasteiger partial charge is 0.467 e. The molecule has 122 valence electrons. The molecular weight excluding hydrogens is 308 g/mol. The highest BCUT2D eigenvalue weighted by molar-refractivity contribution is 6.05. The van der Waals surface area contributed by atoms with Gasteiger partial charge in [-0.05, 0) is 24.3 Å². The summed E-state index contributed by atoms with van der Waals surface area (Å²) in [5, 5.41) is 10.8. The fraction of sp³-hybridized carbons (Fsp3) is 0.235. The van der Waals surface area contributed by atoms with E-state index in [1.807, 2.05) is 24.3 Å². The first-order chi connectivity index (χ1) is 11.7. The van der Waals surface area contributed by atoms with Gasteiger partial charge in [0.1, 0.15) is 5.76 Å². The number of hydrogen-bond acceptors (Lipinski definition) is 4. The summed E-state index contributed by atoms with van der Waals surface area (Å²) >= 11 is 0. The monoisotopic (exact) mass is 324 g/mol. The fourth-order valence-electron chi connectivity index (χ4n) is 2.97. The van der Waals surface area contributed by atoms with Crippen molar-refractivity contribution in [3.8, 4) is 0 Å². The summed E-state index contributed by atoms with van der Waals surface area (Å²) < 4.78 is 5.19. The van der Waals surface area contributed by atoms with Crippen LogP contribution in [0.3, 0.4) is 0 Å². The normalized spacial score (nSPS) is 17.6. The summed E-state index contributed by atoms with van der Waals surface area (Å²) in [4.78, 5) is 26.2. The molecule has 1 saturated heterocycles. The van der Waals surface area contributed by atoms with Crippen LogP contribution in [0.2, 0.25) is 0 Å². The SMILES string of the molecule is O=C(NCc1ccco1)[C@@H]1CC(=O)N(c2n[nH]c3ccccc23)C1. The first-order valence-corrected chi connectivity index (χ1v) is 7.76. The van der Waals surface area contributed by atoms with Crippen LogP contribution in [0.15, 0.2) is 47.1 Å². The van der Waals surface area contributed by atoms with Crippen molar-refractivity contribution < 1.29 is 14.0 Å². The highest BCUT2D eigenvalue weighted by atomic mass is 16.3. The van der Waals surface area contributed by atoms with Gasteiger partial charge in [-0.2, -0.15) is 5.10 Å². The number of rotatable bonds is 4. The number of fused-ring (bicyclic) bond motifs is 1. The number of furan rings is 1. The topological polar surface area (TPSA) is 91.2 Å². The minimum absolute atomic E-state index is 0.0922. The molecule has 1 aromatic carbocycles. The second-order valence-corrected chi connectivity index (χ2v) is 5.80. The van der Waals surface area contributed by atoms with E-state index < -0.39 is 0 Å². The molecule has 0 saturated carbocycles. The molecule has 2 N–H and O–H groups in total. The maximum atomic E-state index is 12.3. The van der Waals surface area contributed by atoms with Crippen LogP contribution in [0.5, 0.6) is 0 Å². The van der Waals surface area contributed by atoms with Crippen LogP contribution in [0.4, 0.5) is 5.82 Å². The maximum Gasteiger partial charge on any atom is 0.229 e. The number of aromatic nitrogens is 2. The number of carbonyl (C=O) groups excluding carboxylic acids is 2. The van der Waals surface area contributed by atoms with Gasteiger partial charge in [-0.25, -0.2) is 0 Å². The van der Waals surface area contributed by atoms with E-state index in [2.05, 4.69) is 15.5 Å². The molecule has 2 aromatic heterocycles. The molecule has 2 amide bonds. The minimum Gasteiger partial charge on any atom is -0.467 e. The van der Waals surface area contributed by atoms with E-state index in [1.54, 1.807) is 23.3 Å². The standard InChI is InChI=1S/C17H16N4O3/c22-15-8-11(17(23)18-9-12-4-3-7-24-12)10-21(15)16-13-5-1-2-6-14(13)19-20-16/h1-7,11H,8-10H2,(H,18,23)(H,19,20)/t11-/m1/s1. The molecule has 0 aliphatic carbocycles. The van der Waals surface area contributed by atoms with Gasteiger partial charge in [-0.3, -0.25) is 19.6 Å². The number of benzene rings is 1. The number of hydrogen-bond donors (Lipinski definition) is 2. The van der Waals surface area contributed by atoms with Gasteiger partial charge in [0.05, 0.1) is 24.2 Å². The number of H-pyrrole nitrogens is 1. The number of para-hydroxylation sites is 1. The lowest BCUT2D eigenvalue weighted by Gasteiger charge is -2.14. The van der Waals surface area contributed by atoms with Crippen molar-refractivity contribution in [2.75, 3.05) is 11.4 Å². The summed E-state index contributed by atoms with van der Waals surface area (Å²) in [5.41, 5.74) is 0.867. The Balaban J connectivity index is 1.47. The minimum atomic E-state index is -0.386. The van der Waals surface area contributed by atoms with E-state index in [-0.39, 0.29) is 24.2 Å². The second-order valence-electron chi connectivity index (χ2n) is 5.80. The Morgan fingerprint density at radius 3 is 3.04 bits per heavy atom. The number of nitrogens with one attached hydrogen (secondary N) is 2. The molecule has 1 atom stereocenters. The molecule has 3 aromatic rings. The molecule has 7 heteroatoms. The smallest absolute Gasteiger partial charge is 0.229 e. The molecule has 1 aliphatic rings. The summed E-state index contributed by atoms with van der Waals surface area (Å²) in [6.07, 6.45) is 1.75. The van der Waals surface area contributed by atoms with Gasteiger partial charge < -0.3 is 9.73 Å². The van der Waals surface area contributed by atoms with Gasteiger partial charge in [0.25, 0.3) is 0 Å². The van der Waals surface area contributed by atoms with Crippen LogP contribution in [0.1, 0.15) is 12.2 Å². The van der Waals surface area contributed by atoms with Crippen LogP contribution >= 0.6 is 0 Å². The van der Waals surface area contributed by atoms with Gasteiger partial charge in [0.15, 0.2) is 5.82 Å². The number of aromatic amines is 1. The first-order valence-electron chi connectivity index (χ1n) is 7.76. The summed E-state index contributed by atoms with van der Waals surface area (Å²) in [5.74, 6) is 0.634. The van der Waals surface area contributed by atoms with Crippen LogP contribution in [-0.4, -0.2) is 28.6 Å². The van der Waals surface area contributed by atoms with Crippen molar-refractivity contribution in [3.05, 3.63) is 48.4 Å². The van der Waals surface area contributed by atoms with Gasteiger partial charge >= 0.3 is 0 Å². The molecule has 3 heterocycles. The maximum absolute atomic E-state index is 12.3. The summed E-state index contributed by atoms with van der Waals surface area (Å²) in [6.45, 7) is 0.652. The van der Waals surface area contributed by atoms with E-state index in [9.17, 15) is 9.59 Å². The van der Waals surface area contributed by atoms with Crippen molar-refractivity contribution in [1.29, 1.82) is 0 Å². The van der Waals surface area contributed by atoms with Crippen molar-refractivity contribution in [2.45, 2.75) is 13.0 Å². The average Bonchev–Trinajstić information content (AvgIpc) is 3.32. The molecule has 0 spiro atoms. The first kappa shape index (κ1) is 14.5. The Morgan fingerprint density at radius 1 is 1.33 bits per heavy atom. The number of carbonyl (C=O) groups is 2. The second kappa shape index (κ2) is 5.84. The highest BCUT2D eigenvalue weighted by Crippen LogP contribution is 2.29. The molecule has 0 radical (unpaired) electrons. The van der Waals surface area contributed by atoms with Gasteiger partial charge in [-0.1, -0.05) is 12.1 Å². The van der Waals surface area contributed by atoms with Crippen molar-refractivity contribution in [2.24, 2.45) is 5.92 Å². The van der Waals surface area contributed by atoms with Crippen molar-refractivity contribution in [3.63, 3.8) is 0 Å². The highest BCUT2D eigenvalue weighted by Gasteiger charge is 2.36. The molecule has 1 aliphatic heterocycles. The zero-order chi connectivity index (χ0) is 16.5. The lowest BCUT2D eigenvalue weighted by atomic mass is 10.1. The van der Waals surface area contributed by atoms with Gasteiger partial charge in [0.2, 0.25) is 11.8 Å². The van der Waals surface area contributed by atoms with Crippen LogP contribution in [-0.2, 0) is 16.1 Å². The molecule has 7 nitrogen and oxygen atoms in total. The summed E-state index contributed by atoms with van der Waals surface area (Å²) in [6, 6.07) is 11.2. The molecular formula is C17H16N4O3. The van der Waals surface area contributed by atoms with Crippen molar-refractivity contribution >= 4 is 28.5 Å². The Hall–Kier alpha value is -3.09. The Kier molecular flexibility index (Phi) is 3.53. The summed E-state index contributed by atoms with van der Waals surface area (Å²) in [7, 11) is 0. The molecule has 1 fully saturated rings. The zero-order valence-corrected chi connectivity index (χ0v) is 12.9. The third-order valence-corrected chi connectivity index (χ3v) is 4.22. The Labute approximate surface area is 137 Å². The number of amides is 2. The third-order valence-electron chi connectivity index (χ3n) is 4.22. The molecule has 4 rings (SSSR count). The van der Waals surface area contributed by atoms with Crippen LogP contribution in [0.25, 0.3) is 10.9 Å². The van der Waals surface area contributed by atoms with Gasteiger partial charge in [0, 0.05) is 18.4 Å². The Bertz CT molecular complexity index is 884. The predicted octanol–water partition coefficient (Wildman–Crippen LogP) is 1.83. The van der Waals surface area contributed by atoms with Crippen LogP contribution in [0, 0.1) is 5.92 Å². The van der Waals surface area contributed by atoms with E-state index >= 15 is 0 Å². The quantitative estimate of drug-likeness (QED) is 0.766. The predicted molar refractivity (Wildman–Crippen MR) is 87.1 cm³/mol. The third kappa shape index (κ3) is 2.54. The fourth-order valence-corrected chi connectivity index (χ4v) is 2.97. The number of anilines is 1. The van der Waals surface area contributed by atoms with Crippen molar-refractivity contribution in [1.82, 2.24) is 15.5 Å². The van der Waals surface area contributed by atoms with Crippen LogP contribution < -0.4 is 10.2 Å². The van der Waals surface area contributed by atoms with E-state index in [1.165, 1.54) is 0 Å². The van der Waals surface area contributed by atoms with E-state index in [0.29, 0.717) is 24.7 Å². The van der Waals surface area contributed by atoms with E-state index in [4.69, 9.17) is 4.42 Å². The average molecular weight is 324 g/mol. The van der Waals surface area contributed by atoms with E-state index in [0.717, 1.165) is 10.9 Å². The zero-order valence-electron chi connectivity index (χ0n) is 12.9. The number of nitrogens with zero attached hydrogens (tertiary/aromatic N) is 2. The Morgan fingerprint density at radius 2 is 2.21 bits per heavy atom. The van der Waals surface area contributed by atoms with Gasteiger partial charge in [-0.15, -0.1) is 0 Å². The lowest BCUT2D eigenvalue weighted by Crippen LogP contribution is -2.32.